The molecule has 6 heteroatoms. The Morgan fingerprint density at radius 1 is 1.15 bits per heavy atom. The first-order valence-corrected chi connectivity index (χ1v) is 9.16. The van der Waals surface area contributed by atoms with Crippen LogP contribution in [0.2, 0.25) is 5.02 Å². The molecule has 1 amide bonds. The minimum Gasteiger partial charge on any atom is -0.337 e. The van der Waals surface area contributed by atoms with Gasteiger partial charge in [0.15, 0.2) is 0 Å². The molecule has 5 nitrogen and oxygen atoms in total. The molecule has 0 saturated carbocycles. The van der Waals surface area contributed by atoms with Gasteiger partial charge >= 0.3 is 0 Å². The number of fused-ring (bicyclic) bond motifs is 1. The summed E-state index contributed by atoms with van der Waals surface area (Å²) < 4.78 is 1.34. The molecule has 27 heavy (non-hydrogen) atoms. The molecule has 2 heterocycles. The molecule has 4 rings (SSSR count). The monoisotopic (exact) mass is 379 g/mol. The third-order valence-corrected chi connectivity index (χ3v) is 5.03. The van der Waals surface area contributed by atoms with Gasteiger partial charge in [-0.1, -0.05) is 48.0 Å². The van der Waals surface area contributed by atoms with Gasteiger partial charge in [-0.05, 0) is 35.8 Å². The lowest BCUT2D eigenvalue weighted by Gasteiger charge is -2.27. The average Bonchev–Trinajstić information content (AvgIpc) is 2.71. The van der Waals surface area contributed by atoms with E-state index in [1.165, 1.54) is 22.0 Å². The van der Waals surface area contributed by atoms with Crippen LogP contribution in [0.4, 0.5) is 0 Å². The maximum absolute atomic E-state index is 12.6. The predicted molar refractivity (Wildman–Crippen MR) is 107 cm³/mol. The number of benzene rings is 2. The van der Waals surface area contributed by atoms with Gasteiger partial charge in [0.25, 0.3) is 5.56 Å². The maximum Gasteiger partial charge on any atom is 0.261 e. The fraction of sp³-hybridized carbons (Fsp3) is 0.190. The normalized spacial score (nSPS) is 14.3. The average molecular weight is 380 g/mol. The lowest BCUT2D eigenvalue weighted by Crippen LogP contribution is -2.39. The second kappa shape index (κ2) is 7.37. The summed E-state index contributed by atoms with van der Waals surface area (Å²) in [6.07, 6.45) is 4.31. The van der Waals surface area contributed by atoms with Crippen molar-refractivity contribution >= 4 is 34.0 Å². The van der Waals surface area contributed by atoms with Gasteiger partial charge in [-0.25, -0.2) is 4.98 Å². The smallest absolute Gasteiger partial charge is 0.261 e. The van der Waals surface area contributed by atoms with Crippen molar-refractivity contribution < 1.29 is 4.79 Å². The first kappa shape index (κ1) is 17.5. The summed E-state index contributed by atoms with van der Waals surface area (Å²) in [5, 5.41) is 0.891. The topological polar surface area (TPSA) is 55.2 Å². The van der Waals surface area contributed by atoms with Crippen molar-refractivity contribution in [1.82, 2.24) is 14.5 Å². The van der Waals surface area contributed by atoms with Crippen LogP contribution in [-0.4, -0.2) is 33.4 Å². The summed E-state index contributed by atoms with van der Waals surface area (Å²) in [6, 6.07) is 15.2. The van der Waals surface area contributed by atoms with Crippen LogP contribution < -0.4 is 5.56 Å². The van der Waals surface area contributed by atoms with E-state index in [1.54, 1.807) is 23.1 Å². The second-order valence-electron chi connectivity index (χ2n) is 6.52. The molecule has 0 fully saturated rings. The number of amides is 1. The number of rotatable bonds is 3. The lowest BCUT2D eigenvalue weighted by molar-refractivity contribution is -0.131. The summed E-state index contributed by atoms with van der Waals surface area (Å²) in [6.45, 7) is 1.16. The third kappa shape index (κ3) is 3.64. The predicted octanol–water partition coefficient (Wildman–Crippen LogP) is 3.37. The first-order valence-electron chi connectivity index (χ1n) is 8.79. The summed E-state index contributed by atoms with van der Waals surface area (Å²) in [7, 11) is 0. The fourth-order valence-corrected chi connectivity index (χ4v) is 3.47. The van der Waals surface area contributed by atoms with Gasteiger partial charge in [-0.3, -0.25) is 14.2 Å². The molecule has 0 bridgehead atoms. The Kier molecular flexibility index (Phi) is 4.77. The molecule has 2 aromatic carbocycles. The zero-order valence-electron chi connectivity index (χ0n) is 14.6. The van der Waals surface area contributed by atoms with E-state index in [1.807, 2.05) is 18.2 Å². The first-order chi connectivity index (χ1) is 13.1. The summed E-state index contributed by atoms with van der Waals surface area (Å²) >= 11 is 5.98. The molecule has 0 atom stereocenters. The van der Waals surface area contributed by atoms with E-state index < -0.39 is 0 Å². The molecule has 0 aliphatic carbocycles. The number of carbonyl (C=O) groups is 1. The van der Waals surface area contributed by atoms with E-state index in [0.29, 0.717) is 29.0 Å². The van der Waals surface area contributed by atoms with Gasteiger partial charge in [0.05, 0.1) is 17.2 Å². The van der Waals surface area contributed by atoms with Gasteiger partial charge < -0.3 is 4.90 Å². The number of nitrogens with zero attached hydrogens (tertiary/aromatic N) is 3. The minimum atomic E-state index is -0.256. The standard InChI is InChI=1S/C21H18ClN3O2/c22-17-6-7-19-18(12-17)21(27)25(14-23-19)13-20(26)24-10-8-16(9-11-24)15-4-2-1-3-5-15/h1-8,12,14H,9-11,13H2. The van der Waals surface area contributed by atoms with Crippen LogP contribution in [0.1, 0.15) is 12.0 Å². The molecule has 1 aliphatic heterocycles. The highest BCUT2D eigenvalue weighted by Gasteiger charge is 2.19. The van der Waals surface area contributed by atoms with Crippen LogP contribution in [0.3, 0.4) is 0 Å². The van der Waals surface area contributed by atoms with Gasteiger partial charge in [0, 0.05) is 18.1 Å². The molecule has 0 radical (unpaired) electrons. The van der Waals surface area contributed by atoms with Crippen molar-refractivity contribution in [2.75, 3.05) is 13.1 Å². The molecule has 1 aromatic heterocycles. The quantitative estimate of drug-likeness (QED) is 0.701. The highest BCUT2D eigenvalue weighted by molar-refractivity contribution is 6.31. The Balaban J connectivity index is 1.50. The summed E-state index contributed by atoms with van der Waals surface area (Å²) in [5.74, 6) is -0.0939. The van der Waals surface area contributed by atoms with E-state index >= 15 is 0 Å². The van der Waals surface area contributed by atoms with E-state index in [2.05, 4.69) is 23.2 Å². The van der Waals surface area contributed by atoms with Gasteiger partial charge in [-0.2, -0.15) is 0 Å². The largest absolute Gasteiger partial charge is 0.337 e. The summed E-state index contributed by atoms with van der Waals surface area (Å²) in [4.78, 5) is 31.3. The SMILES string of the molecule is O=C(Cn1cnc2ccc(Cl)cc2c1=O)N1CC=C(c2ccccc2)CC1. The lowest BCUT2D eigenvalue weighted by atomic mass is 9.99. The third-order valence-electron chi connectivity index (χ3n) is 4.80. The molecule has 1 aliphatic rings. The molecule has 0 N–H and O–H groups in total. The molecule has 136 valence electrons. The minimum absolute atomic E-state index is 0.0250. The van der Waals surface area contributed by atoms with Gasteiger partial charge in [0.1, 0.15) is 6.54 Å². The van der Waals surface area contributed by atoms with Crippen molar-refractivity contribution in [3.63, 3.8) is 0 Å². The maximum atomic E-state index is 12.6. The highest BCUT2D eigenvalue weighted by atomic mass is 35.5. The van der Waals surface area contributed by atoms with Gasteiger partial charge in [0.2, 0.25) is 5.91 Å². The molecular weight excluding hydrogens is 362 g/mol. The molecular formula is C21H18ClN3O2. The number of hydrogen-bond donors (Lipinski definition) is 0. The molecule has 0 spiro atoms. The zero-order valence-corrected chi connectivity index (χ0v) is 15.4. The summed E-state index contributed by atoms with van der Waals surface area (Å²) in [5.41, 5.74) is 2.75. The highest BCUT2D eigenvalue weighted by Crippen LogP contribution is 2.22. The van der Waals surface area contributed by atoms with Gasteiger partial charge in [-0.15, -0.1) is 0 Å². The van der Waals surface area contributed by atoms with Crippen LogP contribution in [0.5, 0.6) is 0 Å². The van der Waals surface area contributed by atoms with E-state index in [4.69, 9.17) is 11.6 Å². The number of halogens is 1. The van der Waals surface area contributed by atoms with Crippen LogP contribution in [0.25, 0.3) is 16.5 Å². The van der Waals surface area contributed by atoms with E-state index in [-0.39, 0.29) is 18.0 Å². The van der Waals surface area contributed by atoms with Crippen LogP contribution >= 0.6 is 11.6 Å². The van der Waals surface area contributed by atoms with E-state index in [0.717, 1.165) is 6.42 Å². The zero-order chi connectivity index (χ0) is 18.8. The Morgan fingerprint density at radius 2 is 1.96 bits per heavy atom. The van der Waals surface area contributed by atoms with E-state index in [9.17, 15) is 9.59 Å². The molecule has 0 saturated heterocycles. The Hall–Kier alpha value is -2.92. The number of hydrogen-bond acceptors (Lipinski definition) is 3. The Labute approximate surface area is 161 Å². The van der Waals surface area contributed by atoms with Crippen molar-refractivity contribution in [3.8, 4) is 0 Å². The van der Waals surface area contributed by atoms with Crippen molar-refractivity contribution in [3.05, 3.63) is 81.9 Å². The van der Waals surface area contributed by atoms with Crippen molar-refractivity contribution in [2.45, 2.75) is 13.0 Å². The van der Waals surface area contributed by atoms with Crippen molar-refractivity contribution in [1.29, 1.82) is 0 Å². The van der Waals surface area contributed by atoms with Crippen LogP contribution in [-0.2, 0) is 11.3 Å². The Morgan fingerprint density at radius 3 is 2.70 bits per heavy atom. The Bertz CT molecular complexity index is 1090. The molecule has 0 unspecified atom stereocenters. The second-order valence-corrected chi connectivity index (χ2v) is 6.96. The van der Waals surface area contributed by atoms with Crippen molar-refractivity contribution in [2.24, 2.45) is 0 Å². The fourth-order valence-electron chi connectivity index (χ4n) is 3.30. The van der Waals surface area contributed by atoms with Crippen LogP contribution in [0, 0.1) is 0 Å². The number of aromatic nitrogens is 2. The molecule has 3 aromatic rings. The van der Waals surface area contributed by atoms with Crippen LogP contribution in [0.15, 0.2) is 65.7 Å². The number of carbonyl (C=O) groups excluding carboxylic acids is 1.